The summed E-state index contributed by atoms with van der Waals surface area (Å²) in [5.74, 6) is -1.26. The van der Waals surface area contributed by atoms with Gasteiger partial charge in [0.1, 0.15) is 5.75 Å². The first kappa shape index (κ1) is 16.4. The monoisotopic (exact) mass is 360 g/mol. The van der Waals surface area contributed by atoms with E-state index in [-0.39, 0.29) is 4.90 Å². The van der Waals surface area contributed by atoms with Crippen LogP contribution in [0.25, 0.3) is 10.9 Å². The fourth-order valence-electron chi connectivity index (χ4n) is 2.30. The van der Waals surface area contributed by atoms with Gasteiger partial charge in [0.15, 0.2) is 9.84 Å². The predicted molar refractivity (Wildman–Crippen MR) is 93.9 cm³/mol. The Morgan fingerprint density at radius 1 is 1.04 bits per heavy atom. The molecule has 1 amide bonds. The van der Waals surface area contributed by atoms with Crippen LogP contribution < -0.4 is 5.32 Å². The van der Waals surface area contributed by atoms with Crippen molar-refractivity contribution in [2.75, 3.05) is 11.1 Å². The highest BCUT2D eigenvalue weighted by molar-refractivity contribution is 7.92. The van der Waals surface area contributed by atoms with Crippen molar-refractivity contribution < 1.29 is 13.2 Å². The molecule has 0 saturated carbocycles. The fourth-order valence-corrected chi connectivity index (χ4v) is 3.56. The number of aromatic nitrogens is 1. The number of nitrogens with zero attached hydrogens (tertiary/aromatic N) is 1. The Labute approximate surface area is 144 Å². The molecule has 0 radical (unpaired) electrons. The number of carbonyl (C=O) groups is 1. The molecule has 3 aromatic rings. The van der Waals surface area contributed by atoms with Crippen LogP contribution in [0.5, 0.6) is 0 Å². The smallest absolute Gasteiger partial charge is 0.239 e. The number of hydrogen-bond donors (Lipinski definition) is 1. The maximum Gasteiger partial charge on any atom is 0.239 e. The lowest BCUT2D eigenvalue weighted by Crippen LogP contribution is -2.23. The fraction of sp³-hybridized carbons (Fsp3) is 0.0588. The Bertz CT molecular complexity index is 997. The Balaban J connectivity index is 1.81. The van der Waals surface area contributed by atoms with Gasteiger partial charge in [-0.25, -0.2) is 8.42 Å². The van der Waals surface area contributed by atoms with Gasteiger partial charge in [0, 0.05) is 16.6 Å². The third kappa shape index (κ3) is 3.55. The van der Waals surface area contributed by atoms with Gasteiger partial charge in [0.05, 0.1) is 16.1 Å². The molecule has 0 spiro atoms. The summed E-state index contributed by atoms with van der Waals surface area (Å²) in [6.45, 7) is 0. The maximum absolute atomic E-state index is 12.3. The molecule has 122 valence electrons. The van der Waals surface area contributed by atoms with Crippen molar-refractivity contribution in [3.05, 3.63) is 65.8 Å². The van der Waals surface area contributed by atoms with E-state index >= 15 is 0 Å². The molecule has 0 bridgehead atoms. The minimum Gasteiger partial charge on any atom is -0.325 e. The van der Waals surface area contributed by atoms with Crippen molar-refractivity contribution in [3.63, 3.8) is 0 Å². The number of rotatable bonds is 4. The summed E-state index contributed by atoms with van der Waals surface area (Å²) in [5, 5.41) is 3.82. The Hall–Kier alpha value is -2.44. The minimum atomic E-state index is -3.74. The van der Waals surface area contributed by atoms with E-state index in [9.17, 15) is 13.2 Å². The molecule has 2 aromatic carbocycles. The summed E-state index contributed by atoms with van der Waals surface area (Å²) < 4.78 is 24.6. The molecule has 0 saturated heterocycles. The van der Waals surface area contributed by atoms with Crippen LogP contribution in [0.2, 0.25) is 5.02 Å². The maximum atomic E-state index is 12.3. The first-order valence-electron chi connectivity index (χ1n) is 7.08. The van der Waals surface area contributed by atoms with Crippen molar-refractivity contribution >= 4 is 43.9 Å². The van der Waals surface area contributed by atoms with Crippen LogP contribution in [0, 0.1) is 0 Å². The van der Waals surface area contributed by atoms with Gasteiger partial charge < -0.3 is 5.32 Å². The number of amides is 1. The van der Waals surface area contributed by atoms with Gasteiger partial charge in [0.25, 0.3) is 0 Å². The van der Waals surface area contributed by atoms with Gasteiger partial charge in [-0.15, -0.1) is 0 Å². The van der Waals surface area contributed by atoms with E-state index in [1.54, 1.807) is 24.4 Å². The Morgan fingerprint density at radius 2 is 1.79 bits per heavy atom. The molecule has 1 aromatic heterocycles. The zero-order valence-electron chi connectivity index (χ0n) is 12.4. The second-order valence-electron chi connectivity index (χ2n) is 5.14. The Kier molecular flexibility index (Phi) is 4.51. The van der Waals surface area contributed by atoms with Crippen molar-refractivity contribution in [1.82, 2.24) is 4.98 Å². The van der Waals surface area contributed by atoms with E-state index in [1.165, 1.54) is 24.3 Å². The molecule has 1 N–H and O–H groups in total. The summed E-state index contributed by atoms with van der Waals surface area (Å²) in [6, 6.07) is 14.5. The van der Waals surface area contributed by atoms with Crippen LogP contribution in [-0.4, -0.2) is 25.1 Å². The van der Waals surface area contributed by atoms with E-state index in [2.05, 4.69) is 10.3 Å². The van der Waals surface area contributed by atoms with Gasteiger partial charge in [0.2, 0.25) is 5.91 Å². The summed E-state index contributed by atoms with van der Waals surface area (Å²) in [6.07, 6.45) is 1.65. The van der Waals surface area contributed by atoms with Crippen LogP contribution >= 0.6 is 11.6 Å². The van der Waals surface area contributed by atoms with Gasteiger partial charge in [-0.3, -0.25) is 9.78 Å². The van der Waals surface area contributed by atoms with E-state index in [0.29, 0.717) is 10.7 Å². The summed E-state index contributed by atoms with van der Waals surface area (Å²) in [5.41, 5.74) is 1.24. The molecule has 24 heavy (non-hydrogen) atoms. The molecule has 0 aliphatic carbocycles. The second kappa shape index (κ2) is 6.59. The standard InChI is InChI=1S/C17H13ClN2O3S/c18-12-6-8-13(9-7-12)24(22,23)11-17(21)20-16-5-1-4-15-14(16)3-2-10-19-15/h1-10H,11H2,(H,20,21). The number of sulfone groups is 1. The van der Waals surface area contributed by atoms with Crippen LogP contribution in [0.4, 0.5) is 5.69 Å². The minimum absolute atomic E-state index is 0.0571. The molecule has 0 atom stereocenters. The normalized spacial score (nSPS) is 11.4. The molecule has 3 rings (SSSR count). The topological polar surface area (TPSA) is 76.1 Å². The average molecular weight is 361 g/mol. The number of halogens is 1. The highest BCUT2D eigenvalue weighted by Gasteiger charge is 2.19. The van der Waals surface area contributed by atoms with Crippen molar-refractivity contribution in [2.24, 2.45) is 0 Å². The first-order valence-corrected chi connectivity index (χ1v) is 9.11. The SMILES string of the molecule is O=C(CS(=O)(=O)c1ccc(Cl)cc1)Nc1cccc2ncccc12. The number of anilines is 1. The molecule has 0 aliphatic heterocycles. The molecular weight excluding hydrogens is 348 g/mol. The summed E-state index contributed by atoms with van der Waals surface area (Å²) in [7, 11) is -3.74. The summed E-state index contributed by atoms with van der Waals surface area (Å²) >= 11 is 5.75. The zero-order valence-corrected chi connectivity index (χ0v) is 14.0. The number of hydrogen-bond acceptors (Lipinski definition) is 4. The molecule has 0 unspecified atom stereocenters. The van der Waals surface area contributed by atoms with Crippen molar-refractivity contribution in [3.8, 4) is 0 Å². The number of pyridine rings is 1. The lowest BCUT2D eigenvalue weighted by atomic mass is 10.2. The number of nitrogens with one attached hydrogen (secondary N) is 1. The predicted octanol–water partition coefficient (Wildman–Crippen LogP) is 3.30. The molecule has 5 nitrogen and oxygen atoms in total. The van der Waals surface area contributed by atoms with E-state index in [4.69, 9.17) is 11.6 Å². The van der Waals surface area contributed by atoms with Gasteiger partial charge in [-0.05, 0) is 48.5 Å². The lowest BCUT2D eigenvalue weighted by Gasteiger charge is -2.09. The third-order valence-corrected chi connectivity index (χ3v) is 5.30. The highest BCUT2D eigenvalue weighted by Crippen LogP contribution is 2.22. The van der Waals surface area contributed by atoms with Crippen LogP contribution in [0.15, 0.2) is 65.7 Å². The zero-order chi connectivity index (χ0) is 17.2. The largest absolute Gasteiger partial charge is 0.325 e. The first-order chi connectivity index (χ1) is 11.5. The van der Waals surface area contributed by atoms with Crippen molar-refractivity contribution in [2.45, 2.75) is 4.90 Å². The third-order valence-electron chi connectivity index (χ3n) is 3.41. The molecule has 0 fully saturated rings. The summed E-state index contributed by atoms with van der Waals surface area (Å²) in [4.78, 5) is 16.4. The van der Waals surface area contributed by atoms with Crippen LogP contribution in [0.1, 0.15) is 0 Å². The van der Waals surface area contributed by atoms with Gasteiger partial charge in [-0.2, -0.15) is 0 Å². The molecule has 0 aliphatic rings. The van der Waals surface area contributed by atoms with Crippen molar-refractivity contribution in [1.29, 1.82) is 0 Å². The van der Waals surface area contributed by atoms with E-state index in [1.807, 2.05) is 12.1 Å². The average Bonchev–Trinajstić information content (AvgIpc) is 2.55. The Morgan fingerprint density at radius 3 is 2.54 bits per heavy atom. The second-order valence-corrected chi connectivity index (χ2v) is 7.56. The van der Waals surface area contributed by atoms with Gasteiger partial charge in [-0.1, -0.05) is 17.7 Å². The van der Waals surface area contributed by atoms with Gasteiger partial charge >= 0.3 is 0 Å². The number of benzene rings is 2. The molecule has 1 heterocycles. The van der Waals surface area contributed by atoms with Crippen LogP contribution in [-0.2, 0) is 14.6 Å². The molecule has 7 heteroatoms. The quantitative estimate of drug-likeness (QED) is 0.774. The number of fused-ring (bicyclic) bond motifs is 1. The number of carbonyl (C=O) groups excluding carboxylic acids is 1. The lowest BCUT2D eigenvalue weighted by molar-refractivity contribution is -0.113. The molecular formula is C17H13ClN2O3S. The highest BCUT2D eigenvalue weighted by atomic mass is 35.5. The van der Waals surface area contributed by atoms with Crippen LogP contribution in [0.3, 0.4) is 0 Å². The van der Waals surface area contributed by atoms with E-state index < -0.39 is 21.5 Å². The van der Waals surface area contributed by atoms with E-state index in [0.717, 1.165) is 10.9 Å².